The van der Waals surface area contributed by atoms with Crippen LogP contribution in [0.3, 0.4) is 0 Å². The number of aryl methyl sites for hydroxylation is 1. The summed E-state index contributed by atoms with van der Waals surface area (Å²) in [6.45, 7) is 8.40. The maximum Gasteiger partial charge on any atom is 0.246 e. The molecule has 0 radical (unpaired) electrons. The van der Waals surface area contributed by atoms with Gasteiger partial charge in [0, 0.05) is 53.0 Å². The van der Waals surface area contributed by atoms with Gasteiger partial charge in [-0.25, -0.2) is 0 Å². The second-order valence-corrected chi connectivity index (χ2v) is 7.67. The fourth-order valence-electron chi connectivity index (χ4n) is 3.83. The molecule has 0 atom stereocenters. The Morgan fingerprint density at radius 2 is 2.04 bits per heavy atom. The number of carbonyl (C=O) groups excluding carboxylic acids is 1. The van der Waals surface area contributed by atoms with E-state index in [4.69, 9.17) is 0 Å². The van der Waals surface area contributed by atoms with Gasteiger partial charge in [0.2, 0.25) is 5.91 Å². The summed E-state index contributed by atoms with van der Waals surface area (Å²) in [6.07, 6.45) is 5.93. The number of likely N-dealkylation sites (N-methyl/N-ethyl adjacent to an activating group) is 1. The van der Waals surface area contributed by atoms with Crippen LogP contribution in [0.25, 0.3) is 0 Å². The quantitative estimate of drug-likeness (QED) is 0.422. The molecule has 0 unspecified atom stereocenters. The first-order valence-corrected chi connectivity index (χ1v) is 10.2. The number of hydrogen-bond donors (Lipinski definition) is 1. The van der Waals surface area contributed by atoms with E-state index in [2.05, 4.69) is 32.3 Å². The highest BCUT2D eigenvalue weighted by molar-refractivity contribution is 5.98. The molecular formula is C19H34N8O. The van der Waals surface area contributed by atoms with E-state index < -0.39 is 0 Å². The summed E-state index contributed by atoms with van der Waals surface area (Å²) in [5, 5.41) is 7.60. The summed E-state index contributed by atoms with van der Waals surface area (Å²) in [5.41, 5.74) is 0.859. The molecule has 0 saturated carbocycles. The zero-order chi connectivity index (χ0) is 19.9. The highest BCUT2D eigenvalue weighted by atomic mass is 16.2. The lowest BCUT2D eigenvalue weighted by Crippen LogP contribution is -2.55. The molecular weight excluding hydrogens is 356 g/mol. The minimum Gasteiger partial charge on any atom is -0.356 e. The molecule has 3 heterocycles. The molecule has 2 saturated heterocycles. The van der Waals surface area contributed by atoms with E-state index in [9.17, 15) is 4.79 Å². The van der Waals surface area contributed by atoms with Crippen LogP contribution < -0.4 is 10.2 Å². The van der Waals surface area contributed by atoms with E-state index in [-0.39, 0.29) is 5.91 Å². The number of piperazine rings is 1. The number of nitrogens with zero attached hydrogens (tertiary/aromatic N) is 7. The van der Waals surface area contributed by atoms with Crippen molar-refractivity contribution >= 4 is 17.6 Å². The lowest BCUT2D eigenvalue weighted by molar-refractivity contribution is -0.120. The van der Waals surface area contributed by atoms with E-state index in [0.29, 0.717) is 13.1 Å². The number of guanidine groups is 1. The average molecular weight is 391 g/mol. The number of rotatable bonds is 5. The van der Waals surface area contributed by atoms with Crippen LogP contribution in [-0.4, -0.2) is 109 Å². The van der Waals surface area contributed by atoms with Gasteiger partial charge >= 0.3 is 0 Å². The van der Waals surface area contributed by atoms with Crippen LogP contribution >= 0.6 is 0 Å². The molecule has 0 aliphatic carbocycles. The lowest BCUT2D eigenvalue weighted by atomic mass is 10.3. The lowest BCUT2D eigenvalue weighted by Gasteiger charge is -2.35. The van der Waals surface area contributed by atoms with Crippen LogP contribution in [0.4, 0.5) is 5.69 Å². The zero-order valence-electron chi connectivity index (χ0n) is 17.5. The Hall–Kier alpha value is -2.13. The van der Waals surface area contributed by atoms with Crippen LogP contribution in [0.2, 0.25) is 0 Å². The SMILES string of the molecule is CN=C(NCCCN1CCCN(C)CC1)N1CCN(c2cnn(C)c2)C(=O)C1. The van der Waals surface area contributed by atoms with Crippen LogP contribution in [0.5, 0.6) is 0 Å². The van der Waals surface area contributed by atoms with Crippen molar-refractivity contribution in [2.24, 2.45) is 12.0 Å². The topological polar surface area (TPSA) is 72.2 Å². The summed E-state index contributed by atoms with van der Waals surface area (Å²) < 4.78 is 1.72. The Bertz CT molecular complexity index is 673. The van der Waals surface area contributed by atoms with Gasteiger partial charge in [-0.05, 0) is 39.5 Å². The molecule has 2 fully saturated rings. The maximum absolute atomic E-state index is 12.6. The number of nitrogens with one attached hydrogen (secondary N) is 1. The third-order valence-electron chi connectivity index (χ3n) is 5.48. The smallest absolute Gasteiger partial charge is 0.246 e. The van der Waals surface area contributed by atoms with Gasteiger partial charge in [-0.2, -0.15) is 5.10 Å². The molecule has 156 valence electrons. The molecule has 0 spiro atoms. The summed E-state index contributed by atoms with van der Waals surface area (Å²) in [5.74, 6) is 0.894. The Morgan fingerprint density at radius 3 is 2.75 bits per heavy atom. The summed E-state index contributed by atoms with van der Waals surface area (Å²) in [6, 6.07) is 0. The molecule has 2 aliphatic rings. The van der Waals surface area contributed by atoms with Gasteiger partial charge in [-0.1, -0.05) is 0 Å². The predicted molar refractivity (Wildman–Crippen MR) is 112 cm³/mol. The van der Waals surface area contributed by atoms with Gasteiger partial charge in [0.1, 0.15) is 6.54 Å². The first-order chi connectivity index (χ1) is 13.6. The fraction of sp³-hybridized carbons (Fsp3) is 0.737. The van der Waals surface area contributed by atoms with Crippen molar-refractivity contribution in [3.05, 3.63) is 12.4 Å². The molecule has 9 heteroatoms. The second kappa shape index (κ2) is 9.88. The number of anilines is 1. The number of aliphatic imine (C=N–C) groups is 1. The fourth-order valence-corrected chi connectivity index (χ4v) is 3.83. The van der Waals surface area contributed by atoms with E-state index >= 15 is 0 Å². The normalized spacial score (nSPS) is 20.5. The van der Waals surface area contributed by atoms with E-state index in [1.165, 1.54) is 19.5 Å². The standard InChI is InChI=1S/C19H34N8O/c1-20-19(21-6-4-8-25-9-5-7-23(2)10-11-25)26-12-13-27(18(28)16-26)17-14-22-24(3)15-17/h14-15H,4-13,16H2,1-3H3,(H,20,21). The molecule has 1 aromatic heterocycles. The van der Waals surface area contributed by atoms with Crippen LogP contribution in [-0.2, 0) is 11.8 Å². The molecule has 28 heavy (non-hydrogen) atoms. The molecule has 2 aliphatic heterocycles. The second-order valence-electron chi connectivity index (χ2n) is 7.67. The molecule has 1 aromatic rings. The first-order valence-electron chi connectivity index (χ1n) is 10.2. The van der Waals surface area contributed by atoms with Crippen LogP contribution in [0.15, 0.2) is 17.4 Å². The van der Waals surface area contributed by atoms with Gasteiger partial charge < -0.3 is 24.9 Å². The van der Waals surface area contributed by atoms with Crippen LogP contribution in [0, 0.1) is 0 Å². The largest absolute Gasteiger partial charge is 0.356 e. The Labute approximate surface area is 168 Å². The molecule has 3 rings (SSSR count). The number of aromatic nitrogens is 2. The van der Waals surface area contributed by atoms with Crippen molar-refractivity contribution in [3.63, 3.8) is 0 Å². The number of amides is 1. The third kappa shape index (κ3) is 5.45. The highest BCUT2D eigenvalue weighted by Crippen LogP contribution is 2.16. The molecule has 9 nitrogen and oxygen atoms in total. The van der Waals surface area contributed by atoms with Gasteiger partial charge in [0.25, 0.3) is 0 Å². The van der Waals surface area contributed by atoms with Gasteiger partial charge in [-0.3, -0.25) is 14.5 Å². The monoisotopic (exact) mass is 390 g/mol. The molecule has 1 N–H and O–H groups in total. The Kier molecular flexibility index (Phi) is 7.27. The summed E-state index contributed by atoms with van der Waals surface area (Å²) in [7, 11) is 5.84. The van der Waals surface area contributed by atoms with Crippen LogP contribution in [0.1, 0.15) is 12.8 Å². The Balaban J connectivity index is 1.41. The van der Waals surface area contributed by atoms with E-state index in [1.54, 1.807) is 22.8 Å². The molecule has 0 bridgehead atoms. The average Bonchev–Trinajstić information content (AvgIpc) is 3.00. The number of carbonyl (C=O) groups is 1. The van der Waals surface area contributed by atoms with Crippen molar-refractivity contribution in [2.45, 2.75) is 12.8 Å². The molecule has 1 amide bonds. The first kappa shape index (κ1) is 20.6. The van der Waals surface area contributed by atoms with Crippen molar-refractivity contribution in [3.8, 4) is 0 Å². The van der Waals surface area contributed by atoms with E-state index in [1.807, 2.05) is 18.1 Å². The van der Waals surface area contributed by atoms with Crippen molar-refractivity contribution in [1.82, 2.24) is 29.8 Å². The van der Waals surface area contributed by atoms with Gasteiger partial charge in [0.15, 0.2) is 5.96 Å². The Morgan fingerprint density at radius 1 is 1.18 bits per heavy atom. The summed E-state index contributed by atoms with van der Waals surface area (Å²) >= 11 is 0. The maximum atomic E-state index is 12.6. The summed E-state index contributed by atoms with van der Waals surface area (Å²) in [4.78, 5) is 25.8. The van der Waals surface area contributed by atoms with E-state index in [0.717, 1.165) is 50.8 Å². The number of hydrogen-bond acceptors (Lipinski definition) is 5. The molecule has 0 aromatic carbocycles. The van der Waals surface area contributed by atoms with Gasteiger partial charge in [-0.15, -0.1) is 0 Å². The predicted octanol–water partition coefficient (Wildman–Crippen LogP) is -0.328. The minimum absolute atomic E-state index is 0.0795. The van der Waals surface area contributed by atoms with Crippen molar-refractivity contribution in [1.29, 1.82) is 0 Å². The zero-order valence-corrected chi connectivity index (χ0v) is 17.5. The highest BCUT2D eigenvalue weighted by Gasteiger charge is 2.27. The van der Waals surface area contributed by atoms with Gasteiger partial charge in [0.05, 0.1) is 11.9 Å². The minimum atomic E-state index is 0.0795. The third-order valence-corrected chi connectivity index (χ3v) is 5.48. The van der Waals surface area contributed by atoms with Crippen molar-refractivity contribution < 1.29 is 4.79 Å². The van der Waals surface area contributed by atoms with Crippen molar-refractivity contribution in [2.75, 3.05) is 77.9 Å².